The Kier molecular flexibility index (Phi) is 5.81. The van der Waals surface area contributed by atoms with Gasteiger partial charge in [-0.05, 0) is 43.5 Å². The number of benzene rings is 2. The number of hydrogen-bond acceptors (Lipinski definition) is 4. The number of aliphatic hydroxyl groups is 1. The van der Waals surface area contributed by atoms with Gasteiger partial charge in [0.05, 0.1) is 30.2 Å². The molecule has 144 valence electrons. The molecule has 4 rings (SSSR count). The molecule has 0 amide bonds. The van der Waals surface area contributed by atoms with Gasteiger partial charge >= 0.3 is 0 Å². The largest absolute Gasteiger partial charge is 0.394 e. The minimum absolute atomic E-state index is 0.0856. The van der Waals surface area contributed by atoms with Crippen molar-refractivity contribution >= 4 is 29.0 Å². The van der Waals surface area contributed by atoms with Crippen LogP contribution in [0.1, 0.15) is 19.3 Å². The van der Waals surface area contributed by atoms with Crippen LogP contribution in [0, 0.1) is 0 Å². The van der Waals surface area contributed by atoms with Crippen LogP contribution in [0.4, 0.5) is 5.82 Å². The lowest BCUT2D eigenvalue weighted by Gasteiger charge is -2.35. The molecular weight excluding hydrogens is 393 g/mol. The highest BCUT2D eigenvalue weighted by molar-refractivity contribution is 6.31. The zero-order valence-electron chi connectivity index (χ0n) is 15.4. The quantitative estimate of drug-likeness (QED) is 0.615. The lowest BCUT2D eigenvalue weighted by Crippen LogP contribution is -2.42. The third-order valence-corrected chi connectivity index (χ3v) is 5.63. The first kappa shape index (κ1) is 19.2. The van der Waals surface area contributed by atoms with E-state index in [1.165, 1.54) is 0 Å². The van der Waals surface area contributed by atoms with Crippen molar-refractivity contribution in [2.75, 3.05) is 18.1 Å². The summed E-state index contributed by atoms with van der Waals surface area (Å²) in [7, 11) is 0. The van der Waals surface area contributed by atoms with Gasteiger partial charge in [0.15, 0.2) is 0 Å². The van der Waals surface area contributed by atoms with Gasteiger partial charge in [0.25, 0.3) is 0 Å². The van der Waals surface area contributed by atoms with Crippen molar-refractivity contribution in [1.82, 2.24) is 9.97 Å². The fourth-order valence-electron chi connectivity index (χ4n) is 3.64. The van der Waals surface area contributed by atoms with Crippen LogP contribution in [0.25, 0.3) is 22.5 Å². The SMILES string of the molecule is OCC1CCCCN1c1cnc(-c2ccc(Cl)cc2)c(-c2ccc(Cl)cc2)n1. The Hall–Kier alpha value is -2.14. The number of piperidine rings is 1. The van der Waals surface area contributed by atoms with Crippen LogP contribution < -0.4 is 4.90 Å². The molecule has 1 saturated heterocycles. The van der Waals surface area contributed by atoms with Crippen molar-refractivity contribution in [3.8, 4) is 22.5 Å². The molecular formula is C22H21Cl2N3O. The number of aromatic nitrogens is 2. The van der Waals surface area contributed by atoms with E-state index in [0.29, 0.717) is 10.0 Å². The van der Waals surface area contributed by atoms with E-state index in [0.717, 1.165) is 54.1 Å². The average Bonchev–Trinajstić information content (AvgIpc) is 2.74. The minimum atomic E-state index is 0.0856. The predicted molar refractivity (Wildman–Crippen MR) is 115 cm³/mol. The summed E-state index contributed by atoms with van der Waals surface area (Å²) in [5, 5.41) is 11.1. The van der Waals surface area contributed by atoms with Gasteiger partial charge in [-0.2, -0.15) is 0 Å². The maximum absolute atomic E-state index is 9.78. The van der Waals surface area contributed by atoms with Gasteiger partial charge in [0.2, 0.25) is 0 Å². The van der Waals surface area contributed by atoms with Gasteiger partial charge in [-0.25, -0.2) is 4.98 Å². The first-order chi connectivity index (χ1) is 13.7. The number of anilines is 1. The van der Waals surface area contributed by atoms with Gasteiger partial charge in [0.1, 0.15) is 5.82 Å². The van der Waals surface area contributed by atoms with Crippen molar-refractivity contribution in [2.45, 2.75) is 25.3 Å². The van der Waals surface area contributed by atoms with Gasteiger partial charge in [-0.3, -0.25) is 4.98 Å². The second-order valence-corrected chi connectivity index (χ2v) is 7.84. The smallest absolute Gasteiger partial charge is 0.148 e. The van der Waals surface area contributed by atoms with E-state index in [2.05, 4.69) is 4.90 Å². The molecule has 1 unspecified atom stereocenters. The molecule has 4 nitrogen and oxygen atoms in total. The Labute approximate surface area is 174 Å². The minimum Gasteiger partial charge on any atom is -0.394 e. The summed E-state index contributed by atoms with van der Waals surface area (Å²) < 4.78 is 0. The molecule has 3 aromatic rings. The summed E-state index contributed by atoms with van der Waals surface area (Å²) in [6.07, 6.45) is 4.99. The molecule has 2 heterocycles. The highest BCUT2D eigenvalue weighted by Gasteiger charge is 2.24. The van der Waals surface area contributed by atoms with Crippen LogP contribution >= 0.6 is 23.2 Å². The molecule has 28 heavy (non-hydrogen) atoms. The Morgan fingerprint density at radius 1 is 0.893 bits per heavy atom. The Balaban J connectivity index is 1.82. The third kappa shape index (κ3) is 4.00. The molecule has 0 bridgehead atoms. The van der Waals surface area contributed by atoms with E-state index in [1.54, 1.807) is 6.20 Å². The molecule has 0 aliphatic carbocycles. The topological polar surface area (TPSA) is 49.2 Å². The second-order valence-electron chi connectivity index (χ2n) is 6.96. The molecule has 6 heteroatoms. The molecule has 0 spiro atoms. The maximum Gasteiger partial charge on any atom is 0.148 e. The average molecular weight is 414 g/mol. The van der Waals surface area contributed by atoms with E-state index in [9.17, 15) is 5.11 Å². The molecule has 0 saturated carbocycles. The van der Waals surface area contributed by atoms with E-state index in [4.69, 9.17) is 33.2 Å². The highest BCUT2D eigenvalue weighted by atomic mass is 35.5. The van der Waals surface area contributed by atoms with E-state index in [-0.39, 0.29) is 12.6 Å². The molecule has 1 aliphatic rings. The molecule has 1 aromatic heterocycles. The Morgan fingerprint density at radius 3 is 2.11 bits per heavy atom. The van der Waals surface area contributed by atoms with Gasteiger partial charge < -0.3 is 10.0 Å². The van der Waals surface area contributed by atoms with Gasteiger partial charge in [-0.1, -0.05) is 47.5 Å². The molecule has 1 atom stereocenters. The van der Waals surface area contributed by atoms with Gasteiger partial charge in [-0.15, -0.1) is 0 Å². The van der Waals surface area contributed by atoms with Crippen molar-refractivity contribution < 1.29 is 5.11 Å². The van der Waals surface area contributed by atoms with Crippen LogP contribution in [-0.4, -0.2) is 34.3 Å². The predicted octanol–water partition coefficient (Wildman–Crippen LogP) is 5.47. The monoisotopic (exact) mass is 413 g/mol. The lowest BCUT2D eigenvalue weighted by atomic mass is 10.0. The van der Waals surface area contributed by atoms with Crippen LogP contribution in [0.5, 0.6) is 0 Å². The van der Waals surface area contributed by atoms with E-state index < -0.39 is 0 Å². The summed E-state index contributed by atoms with van der Waals surface area (Å²) in [6, 6.07) is 15.3. The number of hydrogen-bond donors (Lipinski definition) is 1. The standard InChI is InChI=1S/C22H21Cl2N3O/c23-17-8-4-15(5-9-17)21-22(16-6-10-18(24)11-7-16)26-20(13-25-21)27-12-2-1-3-19(27)14-28/h4-11,13,19,28H,1-3,12,14H2. The van der Waals surface area contributed by atoms with Crippen molar-refractivity contribution in [2.24, 2.45) is 0 Å². The Morgan fingerprint density at radius 2 is 1.50 bits per heavy atom. The number of rotatable bonds is 4. The fourth-order valence-corrected chi connectivity index (χ4v) is 3.89. The third-order valence-electron chi connectivity index (χ3n) is 5.13. The second kappa shape index (κ2) is 8.48. The van der Waals surface area contributed by atoms with Crippen LogP contribution in [0.15, 0.2) is 54.7 Å². The van der Waals surface area contributed by atoms with Crippen molar-refractivity contribution in [3.63, 3.8) is 0 Å². The maximum atomic E-state index is 9.78. The fraction of sp³-hybridized carbons (Fsp3) is 0.273. The number of aliphatic hydroxyl groups excluding tert-OH is 1. The van der Waals surface area contributed by atoms with Crippen LogP contribution in [0.2, 0.25) is 10.0 Å². The lowest BCUT2D eigenvalue weighted by molar-refractivity contribution is 0.239. The molecule has 0 radical (unpaired) electrons. The first-order valence-electron chi connectivity index (χ1n) is 9.42. The Bertz CT molecular complexity index is 945. The summed E-state index contributed by atoms with van der Waals surface area (Å²) in [5.74, 6) is 0.793. The normalized spacial score (nSPS) is 17.0. The summed E-state index contributed by atoms with van der Waals surface area (Å²) in [6.45, 7) is 0.997. The van der Waals surface area contributed by atoms with E-state index >= 15 is 0 Å². The zero-order chi connectivity index (χ0) is 19.5. The molecule has 1 N–H and O–H groups in total. The molecule has 2 aromatic carbocycles. The summed E-state index contributed by atoms with van der Waals surface area (Å²) >= 11 is 12.1. The molecule has 1 aliphatic heterocycles. The van der Waals surface area contributed by atoms with Crippen LogP contribution in [-0.2, 0) is 0 Å². The van der Waals surface area contributed by atoms with Gasteiger partial charge in [0, 0.05) is 27.7 Å². The number of halogens is 2. The summed E-state index contributed by atoms with van der Waals surface area (Å²) in [5.41, 5.74) is 3.48. The van der Waals surface area contributed by atoms with Crippen molar-refractivity contribution in [1.29, 1.82) is 0 Å². The highest BCUT2D eigenvalue weighted by Crippen LogP contribution is 2.33. The first-order valence-corrected chi connectivity index (χ1v) is 10.2. The van der Waals surface area contributed by atoms with Crippen LogP contribution in [0.3, 0.4) is 0 Å². The number of nitrogens with zero attached hydrogens (tertiary/aromatic N) is 3. The van der Waals surface area contributed by atoms with Crippen molar-refractivity contribution in [3.05, 3.63) is 64.8 Å². The summed E-state index contributed by atoms with van der Waals surface area (Å²) in [4.78, 5) is 11.9. The van der Waals surface area contributed by atoms with E-state index in [1.807, 2.05) is 48.5 Å². The molecule has 1 fully saturated rings. The zero-order valence-corrected chi connectivity index (χ0v) is 16.9.